The standard InChI is InChI=1S/C19H19N5O5/c1-26-13-6-12(7-15(8-13)29-5-4-21-23-20)19-22-17-9-14(27-2)10-18(28-3)16(17)11-24(19)25/h6-11H,4-5H2,1-3H3. The molecule has 0 radical (unpaired) electrons. The number of azide groups is 1. The van der Waals surface area contributed by atoms with Crippen LogP contribution in [0.5, 0.6) is 23.0 Å². The quantitative estimate of drug-likeness (QED) is 0.143. The van der Waals surface area contributed by atoms with Gasteiger partial charge in [0.2, 0.25) is 0 Å². The second-order valence-electron chi connectivity index (χ2n) is 5.85. The normalized spacial score (nSPS) is 10.3. The highest BCUT2D eigenvalue weighted by atomic mass is 16.5. The lowest BCUT2D eigenvalue weighted by atomic mass is 10.1. The van der Waals surface area contributed by atoms with Crippen LogP contribution in [0.4, 0.5) is 0 Å². The fraction of sp³-hybridized carbons (Fsp3) is 0.263. The van der Waals surface area contributed by atoms with Crippen LogP contribution in [0.15, 0.2) is 41.6 Å². The first-order valence-corrected chi connectivity index (χ1v) is 8.58. The third kappa shape index (κ3) is 4.33. The lowest BCUT2D eigenvalue weighted by Gasteiger charge is -2.12. The molecule has 0 fully saturated rings. The predicted molar refractivity (Wildman–Crippen MR) is 105 cm³/mol. The summed E-state index contributed by atoms with van der Waals surface area (Å²) in [4.78, 5) is 7.18. The van der Waals surface area contributed by atoms with Crippen molar-refractivity contribution in [3.8, 4) is 34.4 Å². The van der Waals surface area contributed by atoms with Gasteiger partial charge in [-0.2, -0.15) is 0 Å². The molecule has 10 nitrogen and oxygen atoms in total. The Bertz CT molecular complexity index is 1080. The van der Waals surface area contributed by atoms with Crippen molar-refractivity contribution in [3.05, 3.63) is 52.2 Å². The van der Waals surface area contributed by atoms with Crippen LogP contribution in [0.2, 0.25) is 0 Å². The van der Waals surface area contributed by atoms with Crippen molar-refractivity contribution < 1.29 is 23.7 Å². The van der Waals surface area contributed by atoms with Gasteiger partial charge in [0.1, 0.15) is 34.6 Å². The van der Waals surface area contributed by atoms with Gasteiger partial charge >= 0.3 is 5.82 Å². The number of rotatable bonds is 8. The first-order valence-electron chi connectivity index (χ1n) is 8.58. The van der Waals surface area contributed by atoms with E-state index in [0.717, 1.165) is 0 Å². The van der Waals surface area contributed by atoms with Gasteiger partial charge in [-0.1, -0.05) is 5.11 Å². The van der Waals surface area contributed by atoms with Crippen molar-refractivity contribution in [3.63, 3.8) is 0 Å². The molecule has 1 aromatic heterocycles. The van der Waals surface area contributed by atoms with E-state index in [1.165, 1.54) is 20.4 Å². The molecule has 0 N–H and O–H groups in total. The fourth-order valence-corrected chi connectivity index (χ4v) is 2.78. The highest BCUT2D eigenvalue weighted by Gasteiger charge is 2.19. The number of benzene rings is 2. The number of hydrogen-bond donors (Lipinski definition) is 0. The summed E-state index contributed by atoms with van der Waals surface area (Å²) < 4.78 is 22.2. The van der Waals surface area contributed by atoms with Crippen molar-refractivity contribution in [1.82, 2.24) is 4.98 Å². The van der Waals surface area contributed by atoms with Gasteiger partial charge in [-0.05, 0) is 22.6 Å². The van der Waals surface area contributed by atoms with Gasteiger partial charge in [-0.15, -0.1) is 0 Å². The molecule has 1 heterocycles. The molecule has 0 spiro atoms. The van der Waals surface area contributed by atoms with Crippen LogP contribution in [-0.4, -0.2) is 39.5 Å². The Morgan fingerprint density at radius 3 is 2.45 bits per heavy atom. The second kappa shape index (κ2) is 8.85. The zero-order valence-corrected chi connectivity index (χ0v) is 16.2. The van der Waals surface area contributed by atoms with Gasteiger partial charge in [0, 0.05) is 23.1 Å². The van der Waals surface area contributed by atoms with E-state index in [4.69, 9.17) is 24.5 Å². The number of ether oxygens (including phenoxy) is 4. The summed E-state index contributed by atoms with van der Waals surface area (Å²) in [6, 6.07) is 8.42. The van der Waals surface area contributed by atoms with Gasteiger partial charge in [0.15, 0.2) is 5.52 Å². The maximum Gasteiger partial charge on any atom is 0.334 e. The molecular formula is C19H19N5O5. The van der Waals surface area contributed by atoms with Crippen LogP contribution in [-0.2, 0) is 0 Å². The molecule has 0 amide bonds. The van der Waals surface area contributed by atoms with Gasteiger partial charge in [-0.25, -0.2) is 4.73 Å². The van der Waals surface area contributed by atoms with Crippen LogP contribution in [0.3, 0.4) is 0 Å². The molecule has 0 atom stereocenters. The lowest BCUT2D eigenvalue weighted by Crippen LogP contribution is -2.30. The van der Waals surface area contributed by atoms with E-state index < -0.39 is 0 Å². The summed E-state index contributed by atoms with van der Waals surface area (Å²) in [7, 11) is 4.57. The Balaban J connectivity index is 2.08. The number of aromatic nitrogens is 2. The molecule has 150 valence electrons. The lowest BCUT2D eigenvalue weighted by molar-refractivity contribution is -0.595. The van der Waals surface area contributed by atoms with E-state index in [-0.39, 0.29) is 19.0 Å². The van der Waals surface area contributed by atoms with Crippen LogP contribution < -0.4 is 23.7 Å². The summed E-state index contributed by atoms with van der Waals surface area (Å²) in [5.41, 5.74) is 9.39. The Labute approximate surface area is 166 Å². The maximum absolute atomic E-state index is 12.7. The molecule has 29 heavy (non-hydrogen) atoms. The molecule has 0 aliphatic rings. The monoisotopic (exact) mass is 397 g/mol. The van der Waals surface area contributed by atoms with Crippen LogP contribution >= 0.6 is 0 Å². The highest BCUT2D eigenvalue weighted by molar-refractivity contribution is 5.86. The van der Waals surface area contributed by atoms with Crippen LogP contribution in [0, 0.1) is 5.21 Å². The number of nitrogens with zero attached hydrogens (tertiary/aromatic N) is 5. The molecule has 3 aromatic rings. The largest absolute Gasteiger partial charge is 0.710 e. The molecule has 3 rings (SSSR count). The van der Waals surface area contributed by atoms with Crippen molar-refractivity contribution in [2.75, 3.05) is 34.5 Å². The van der Waals surface area contributed by atoms with E-state index >= 15 is 0 Å². The fourth-order valence-electron chi connectivity index (χ4n) is 2.78. The topological polar surface area (TPSA) is 126 Å². The Morgan fingerprint density at radius 2 is 1.76 bits per heavy atom. The first-order chi connectivity index (χ1) is 14.1. The van der Waals surface area contributed by atoms with Crippen molar-refractivity contribution in [2.24, 2.45) is 5.11 Å². The minimum Gasteiger partial charge on any atom is -0.710 e. The van der Waals surface area contributed by atoms with Gasteiger partial charge in [0.05, 0.1) is 40.0 Å². The summed E-state index contributed by atoms with van der Waals surface area (Å²) in [6.45, 7) is 0.367. The summed E-state index contributed by atoms with van der Waals surface area (Å²) in [5, 5.41) is 16.7. The molecule has 10 heteroatoms. The molecule has 0 aliphatic heterocycles. The molecular weight excluding hydrogens is 378 g/mol. The van der Waals surface area contributed by atoms with E-state index in [1.807, 2.05) is 0 Å². The van der Waals surface area contributed by atoms with E-state index in [2.05, 4.69) is 15.0 Å². The zero-order valence-electron chi connectivity index (χ0n) is 16.2. The minimum atomic E-state index is 0.159. The van der Waals surface area contributed by atoms with Crippen LogP contribution in [0.1, 0.15) is 0 Å². The molecule has 0 saturated carbocycles. The summed E-state index contributed by atoms with van der Waals surface area (Å²) in [6.07, 6.45) is 1.40. The average molecular weight is 397 g/mol. The number of hydrogen-bond acceptors (Lipinski definition) is 7. The van der Waals surface area contributed by atoms with E-state index in [0.29, 0.717) is 44.2 Å². The van der Waals surface area contributed by atoms with Crippen molar-refractivity contribution in [1.29, 1.82) is 0 Å². The third-order valence-corrected chi connectivity index (χ3v) is 4.13. The summed E-state index contributed by atoms with van der Waals surface area (Å²) >= 11 is 0. The smallest absolute Gasteiger partial charge is 0.334 e. The Hall–Kier alpha value is -3.91. The zero-order chi connectivity index (χ0) is 20.8. The van der Waals surface area contributed by atoms with E-state index in [9.17, 15) is 5.21 Å². The third-order valence-electron chi connectivity index (χ3n) is 4.13. The van der Waals surface area contributed by atoms with Crippen molar-refractivity contribution >= 4 is 10.9 Å². The summed E-state index contributed by atoms with van der Waals surface area (Å²) in [5.74, 6) is 2.15. The molecule has 2 aromatic carbocycles. The SMILES string of the molecule is COc1cc(OCCN=[N+]=[N-])cc(-c2nc3cc(OC)cc(OC)c3c[n+]2[O-])c1. The van der Waals surface area contributed by atoms with Crippen molar-refractivity contribution in [2.45, 2.75) is 0 Å². The molecule has 0 bridgehead atoms. The predicted octanol–water partition coefficient (Wildman–Crippen LogP) is 3.25. The molecule has 0 unspecified atom stereocenters. The number of fused-ring (bicyclic) bond motifs is 1. The van der Waals surface area contributed by atoms with E-state index in [1.54, 1.807) is 37.4 Å². The molecule has 0 aliphatic carbocycles. The molecule has 0 saturated heterocycles. The number of methoxy groups -OCH3 is 3. The average Bonchev–Trinajstić information content (AvgIpc) is 2.75. The Kier molecular flexibility index (Phi) is 6.06. The minimum absolute atomic E-state index is 0.159. The first kappa shape index (κ1) is 19.8. The van der Waals surface area contributed by atoms with Gasteiger partial charge < -0.3 is 24.2 Å². The maximum atomic E-state index is 12.7. The van der Waals surface area contributed by atoms with Crippen LogP contribution in [0.25, 0.3) is 32.7 Å². The highest BCUT2D eigenvalue weighted by Crippen LogP contribution is 2.32. The Morgan fingerprint density at radius 1 is 1.03 bits per heavy atom. The van der Waals surface area contributed by atoms with Gasteiger partial charge in [-0.3, -0.25) is 0 Å². The van der Waals surface area contributed by atoms with Gasteiger partial charge in [0.25, 0.3) is 0 Å². The second-order valence-corrected chi connectivity index (χ2v) is 5.85.